The molecule has 0 bridgehead atoms. The van der Waals surface area contributed by atoms with Gasteiger partial charge in [-0.2, -0.15) is 0 Å². The normalized spacial score (nSPS) is 31.8. The maximum absolute atomic E-state index is 11.6. The molecule has 0 radical (unpaired) electrons. The van der Waals surface area contributed by atoms with Crippen molar-refractivity contribution in [3.05, 3.63) is 30.6 Å². The van der Waals surface area contributed by atoms with Crippen molar-refractivity contribution in [2.45, 2.75) is 24.5 Å². The standard InChI is InChI=1S/C9H11IN2O6/c10-3-1-12(9(17)11-7(3)16)8-6(15)5(14)4(2-13)18-8/h1,4-6,8,13-15H,2H2,(H,11,16,17)/t4-,5?,6-,8-/m1/s1/i10-4. The molecule has 0 aliphatic carbocycles. The first kappa shape index (κ1) is 13.7. The van der Waals surface area contributed by atoms with Crippen molar-refractivity contribution in [1.29, 1.82) is 0 Å². The summed E-state index contributed by atoms with van der Waals surface area (Å²) in [6, 6.07) is 0. The molecule has 0 spiro atoms. The van der Waals surface area contributed by atoms with Crippen molar-refractivity contribution < 1.29 is 20.1 Å². The first-order valence-electron chi connectivity index (χ1n) is 5.09. The third kappa shape index (κ3) is 2.23. The zero-order valence-electron chi connectivity index (χ0n) is 8.99. The van der Waals surface area contributed by atoms with Crippen molar-refractivity contribution in [3.8, 4) is 0 Å². The third-order valence-electron chi connectivity index (χ3n) is 2.72. The van der Waals surface area contributed by atoms with Crippen molar-refractivity contribution in [2.75, 3.05) is 6.61 Å². The highest BCUT2D eigenvalue weighted by atomic mass is 123. The van der Waals surface area contributed by atoms with Crippen LogP contribution in [0.5, 0.6) is 0 Å². The average Bonchev–Trinajstić information content (AvgIpc) is 2.61. The molecule has 1 fully saturated rings. The summed E-state index contributed by atoms with van der Waals surface area (Å²) in [4.78, 5) is 24.9. The van der Waals surface area contributed by atoms with Gasteiger partial charge in [0.25, 0.3) is 5.56 Å². The third-order valence-corrected chi connectivity index (χ3v) is 3.48. The summed E-state index contributed by atoms with van der Waals surface area (Å²) >= 11 is 1.73. The Hall–Kier alpha value is -0.750. The Balaban J connectivity index is 2.42. The molecule has 1 saturated heterocycles. The highest BCUT2D eigenvalue weighted by Crippen LogP contribution is 2.27. The molecule has 2 heterocycles. The maximum atomic E-state index is 11.6. The molecular weight excluding hydrogens is 355 g/mol. The Morgan fingerprint density at radius 3 is 2.61 bits per heavy atom. The summed E-state index contributed by atoms with van der Waals surface area (Å²) in [6.45, 7) is -0.482. The fraction of sp³-hybridized carbons (Fsp3) is 0.556. The smallest absolute Gasteiger partial charge is 0.330 e. The molecule has 0 saturated carbocycles. The first-order valence-corrected chi connectivity index (χ1v) is 6.17. The second kappa shape index (κ2) is 5.09. The first-order chi connectivity index (χ1) is 8.45. The van der Waals surface area contributed by atoms with E-state index in [9.17, 15) is 19.8 Å². The van der Waals surface area contributed by atoms with Crippen molar-refractivity contribution >= 4 is 22.6 Å². The van der Waals surface area contributed by atoms with Gasteiger partial charge in [-0.1, -0.05) is 0 Å². The lowest BCUT2D eigenvalue weighted by atomic mass is 10.1. The van der Waals surface area contributed by atoms with E-state index in [-0.39, 0.29) is 3.57 Å². The van der Waals surface area contributed by atoms with Gasteiger partial charge in [0, 0.05) is 6.20 Å². The molecule has 4 N–H and O–H groups in total. The van der Waals surface area contributed by atoms with E-state index in [0.29, 0.717) is 0 Å². The van der Waals surface area contributed by atoms with Crippen molar-refractivity contribution in [3.63, 3.8) is 0 Å². The zero-order valence-corrected chi connectivity index (χ0v) is 11.1. The zero-order chi connectivity index (χ0) is 13.4. The van der Waals surface area contributed by atoms with E-state index in [2.05, 4.69) is 4.98 Å². The van der Waals surface area contributed by atoms with E-state index < -0.39 is 42.4 Å². The lowest BCUT2D eigenvalue weighted by molar-refractivity contribution is -0.0551. The summed E-state index contributed by atoms with van der Waals surface area (Å²) in [5.74, 6) is 0. The van der Waals surface area contributed by atoms with Gasteiger partial charge in [-0.15, -0.1) is 0 Å². The predicted molar refractivity (Wildman–Crippen MR) is 67.0 cm³/mol. The molecule has 4 atom stereocenters. The highest BCUT2D eigenvalue weighted by Gasteiger charge is 2.43. The minimum Gasteiger partial charge on any atom is -0.394 e. The van der Waals surface area contributed by atoms with E-state index in [4.69, 9.17) is 9.84 Å². The van der Waals surface area contributed by atoms with Crippen LogP contribution in [0.1, 0.15) is 6.23 Å². The topological polar surface area (TPSA) is 125 Å². The van der Waals surface area contributed by atoms with Crippen LogP contribution in [-0.2, 0) is 4.74 Å². The molecule has 1 aromatic rings. The number of nitrogens with one attached hydrogen (secondary N) is 1. The molecule has 9 heteroatoms. The molecule has 0 aromatic carbocycles. The lowest BCUT2D eigenvalue weighted by Gasteiger charge is -2.17. The molecule has 1 aliphatic heterocycles. The number of hydrogen-bond acceptors (Lipinski definition) is 6. The SMILES string of the molecule is O=c1[nH]c(=O)n([C@@H]2O[C@H](CO)C(O)[C@H]2O)cc1[123I]. The van der Waals surface area contributed by atoms with E-state index in [1.54, 1.807) is 22.6 Å². The Bertz CT molecular complexity index is 555. The molecule has 1 unspecified atom stereocenters. The van der Waals surface area contributed by atoms with Gasteiger partial charge in [0.15, 0.2) is 6.23 Å². The Kier molecular flexibility index (Phi) is 3.87. The predicted octanol–water partition coefficient (Wildman–Crippen LogP) is -2.25. The molecule has 18 heavy (non-hydrogen) atoms. The van der Waals surface area contributed by atoms with Gasteiger partial charge in [0.1, 0.15) is 18.3 Å². The van der Waals surface area contributed by atoms with Crippen LogP contribution in [0.3, 0.4) is 0 Å². The van der Waals surface area contributed by atoms with E-state index in [1.807, 2.05) is 0 Å². The minimum absolute atomic E-state index is 0.241. The molecule has 1 aromatic heterocycles. The molecule has 1 aliphatic rings. The molecular formula is C9H11IN2O6. The minimum atomic E-state index is -1.36. The Labute approximate surface area is 114 Å². The van der Waals surface area contributed by atoms with Crippen LogP contribution in [0.4, 0.5) is 0 Å². The van der Waals surface area contributed by atoms with Gasteiger partial charge in [-0.25, -0.2) is 4.79 Å². The van der Waals surface area contributed by atoms with Gasteiger partial charge >= 0.3 is 5.69 Å². The number of aliphatic hydroxyl groups excluding tert-OH is 3. The highest BCUT2D eigenvalue weighted by molar-refractivity contribution is 14.1. The van der Waals surface area contributed by atoms with Gasteiger partial charge in [0.05, 0.1) is 10.2 Å². The number of aromatic nitrogens is 2. The maximum Gasteiger partial charge on any atom is 0.330 e. The van der Waals surface area contributed by atoms with Gasteiger partial charge in [-0.05, 0) is 22.6 Å². The number of aromatic amines is 1. The summed E-state index contributed by atoms with van der Waals surface area (Å²) < 4.78 is 6.40. The number of aliphatic hydroxyl groups is 3. The Morgan fingerprint density at radius 2 is 2.06 bits per heavy atom. The van der Waals surface area contributed by atoms with Crippen LogP contribution in [-0.4, -0.2) is 49.8 Å². The van der Waals surface area contributed by atoms with Crippen molar-refractivity contribution in [1.82, 2.24) is 9.55 Å². The molecule has 2 rings (SSSR count). The van der Waals surface area contributed by atoms with E-state index in [0.717, 1.165) is 4.57 Å². The van der Waals surface area contributed by atoms with Gasteiger partial charge in [0.2, 0.25) is 0 Å². The summed E-state index contributed by atoms with van der Waals surface area (Å²) in [5, 5.41) is 28.3. The average molecular weight is 366 g/mol. The fourth-order valence-electron chi connectivity index (χ4n) is 1.76. The number of ether oxygens (including phenoxy) is 1. The number of rotatable bonds is 2. The number of H-pyrrole nitrogens is 1. The number of nitrogens with zero attached hydrogens (tertiary/aromatic N) is 1. The molecule has 0 amide bonds. The van der Waals surface area contributed by atoms with Gasteiger partial charge in [-0.3, -0.25) is 14.3 Å². The summed E-state index contributed by atoms with van der Waals surface area (Å²) in [5.41, 5.74) is -1.29. The largest absolute Gasteiger partial charge is 0.394 e. The van der Waals surface area contributed by atoms with E-state index >= 15 is 0 Å². The van der Waals surface area contributed by atoms with Crippen LogP contribution in [0.25, 0.3) is 0 Å². The number of hydrogen-bond donors (Lipinski definition) is 4. The van der Waals surface area contributed by atoms with Crippen LogP contribution in [0, 0.1) is 3.57 Å². The molecule has 8 nitrogen and oxygen atoms in total. The number of halogens is 1. The second-order valence-electron chi connectivity index (χ2n) is 3.87. The van der Waals surface area contributed by atoms with Gasteiger partial charge < -0.3 is 20.1 Å². The lowest BCUT2D eigenvalue weighted by Crippen LogP contribution is -2.38. The fourth-order valence-corrected chi connectivity index (χ4v) is 2.19. The van der Waals surface area contributed by atoms with Crippen LogP contribution in [0.15, 0.2) is 15.8 Å². The van der Waals surface area contributed by atoms with Crippen molar-refractivity contribution in [2.24, 2.45) is 0 Å². The Morgan fingerprint density at radius 1 is 1.39 bits per heavy atom. The van der Waals surface area contributed by atoms with E-state index in [1.165, 1.54) is 6.20 Å². The monoisotopic (exact) mass is 366 g/mol. The summed E-state index contributed by atoms with van der Waals surface area (Å²) in [7, 11) is 0. The summed E-state index contributed by atoms with van der Waals surface area (Å²) in [6.07, 6.45) is -3.54. The van der Waals surface area contributed by atoms with Crippen LogP contribution >= 0.6 is 22.6 Å². The quantitative estimate of drug-likeness (QED) is 0.439. The van der Waals surface area contributed by atoms with Crippen LogP contribution in [0.2, 0.25) is 0 Å². The molecule has 100 valence electrons. The second-order valence-corrected chi connectivity index (χ2v) is 5.03. The van der Waals surface area contributed by atoms with Crippen LogP contribution < -0.4 is 11.2 Å².